The summed E-state index contributed by atoms with van der Waals surface area (Å²) in [5.74, 6) is 0.197. The number of carboxylic acid groups (broad SMARTS) is 1. The third-order valence-electron chi connectivity index (χ3n) is 8.51. The lowest BCUT2D eigenvalue weighted by atomic mass is 9.50. The lowest BCUT2D eigenvalue weighted by Crippen LogP contribution is -2.50. The van der Waals surface area contributed by atoms with Crippen LogP contribution in [-0.4, -0.2) is 39.9 Å². The van der Waals surface area contributed by atoms with Crippen molar-refractivity contribution in [2.24, 2.45) is 11.3 Å². The molecule has 2 saturated carbocycles. The first-order chi connectivity index (χ1) is 16.9. The summed E-state index contributed by atoms with van der Waals surface area (Å²) in [7, 11) is 1.43. The Bertz CT molecular complexity index is 1300. The largest absolute Gasteiger partial charge is 0.481 e. The zero-order valence-electron chi connectivity index (χ0n) is 20.2. The smallest absolute Gasteiger partial charge is 0.414 e. The van der Waals surface area contributed by atoms with Crippen molar-refractivity contribution < 1.29 is 19.4 Å². The van der Waals surface area contributed by atoms with Crippen molar-refractivity contribution in [3.05, 3.63) is 59.4 Å². The molecule has 1 atom stereocenters. The molecule has 3 aliphatic rings. The molecule has 2 fully saturated rings. The summed E-state index contributed by atoms with van der Waals surface area (Å²) in [4.78, 5) is 30.9. The van der Waals surface area contributed by atoms with Gasteiger partial charge in [-0.05, 0) is 68.6 Å². The Morgan fingerprint density at radius 2 is 1.86 bits per heavy atom. The number of methoxy groups -OCH3 is 1. The lowest BCUT2D eigenvalue weighted by Gasteiger charge is -2.57. The number of carbonyl (C=O) groups excluding carboxylic acids is 1. The van der Waals surface area contributed by atoms with Crippen molar-refractivity contribution >= 4 is 28.8 Å². The fraction of sp³-hybridized carbons (Fsp3) is 0.464. The summed E-state index contributed by atoms with van der Waals surface area (Å²) in [5.41, 5.74) is 5.50. The van der Waals surface area contributed by atoms with Gasteiger partial charge >= 0.3 is 12.1 Å². The Hall–Kier alpha value is -3.35. The minimum Gasteiger partial charge on any atom is -0.481 e. The first-order valence-electron chi connectivity index (χ1n) is 12.6. The number of ether oxygens (including phenoxy) is 1. The Labute approximate surface area is 204 Å². The number of amides is 1. The highest BCUT2D eigenvalue weighted by Gasteiger charge is 2.55. The van der Waals surface area contributed by atoms with Gasteiger partial charge < -0.3 is 14.4 Å². The number of aromatic nitrogens is 2. The van der Waals surface area contributed by atoms with Gasteiger partial charge in [0.15, 0.2) is 0 Å². The van der Waals surface area contributed by atoms with Gasteiger partial charge in [0, 0.05) is 24.1 Å². The average molecular weight is 474 g/mol. The Morgan fingerprint density at radius 1 is 1.11 bits per heavy atom. The molecule has 1 amide bonds. The molecule has 182 valence electrons. The molecule has 7 heteroatoms. The van der Waals surface area contributed by atoms with E-state index in [0.29, 0.717) is 6.04 Å². The standard InChI is InChI=1S/C28H31N3O4/c1-17-8-9-21-22(30(17)27(34)35-2)10-11-23-25(21)29-24(12-18-6-4-3-5-7-18)31(23)20-15-28(16-20)13-19(14-28)26(32)33/h3-7,10-11,17,19-20H,8-9,12-16H2,1-2H3,(H,32,33)/t17-,19-,20-,28?/m0/s1. The van der Waals surface area contributed by atoms with E-state index in [-0.39, 0.29) is 23.5 Å². The van der Waals surface area contributed by atoms with Crippen LogP contribution in [-0.2, 0) is 22.4 Å². The van der Waals surface area contributed by atoms with Gasteiger partial charge in [-0.3, -0.25) is 9.69 Å². The van der Waals surface area contributed by atoms with Crippen LogP contribution in [0.2, 0.25) is 0 Å². The summed E-state index contributed by atoms with van der Waals surface area (Å²) < 4.78 is 7.49. The normalized spacial score (nSPS) is 27.3. The average Bonchev–Trinajstić information content (AvgIpc) is 3.15. The van der Waals surface area contributed by atoms with E-state index in [2.05, 4.69) is 41.8 Å². The highest BCUT2D eigenvalue weighted by Crippen LogP contribution is 2.63. The van der Waals surface area contributed by atoms with Crippen LogP contribution in [0.4, 0.5) is 10.5 Å². The Balaban J connectivity index is 1.40. The van der Waals surface area contributed by atoms with Crippen molar-refractivity contribution in [1.29, 1.82) is 0 Å². The fourth-order valence-corrected chi connectivity index (χ4v) is 6.75. The third kappa shape index (κ3) is 3.51. The van der Waals surface area contributed by atoms with Crippen molar-refractivity contribution in [3.8, 4) is 0 Å². The van der Waals surface area contributed by atoms with Crippen molar-refractivity contribution in [1.82, 2.24) is 9.55 Å². The Morgan fingerprint density at radius 3 is 2.54 bits per heavy atom. The first kappa shape index (κ1) is 22.1. The number of carbonyl (C=O) groups is 2. The van der Waals surface area contributed by atoms with Gasteiger partial charge in [-0.2, -0.15) is 0 Å². The van der Waals surface area contributed by atoms with Crippen LogP contribution in [0.25, 0.3) is 11.0 Å². The van der Waals surface area contributed by atoms with E-state index in [4.69, 9.17) is 9.72 Å². The van der Waals surface area contributed by atoms with Crippen LogP contribution >= 0.6 is 0 Å². The van der Waals surface area contributed by atoms with Gasteiger partial charge in [0.25, 0.3) is 0 Å². The monoisotopic (exact) mass is 473 g/mol. The second kappa shape index (κ2) is 8.11. The number of carboxylic acids is 1. The number of fused-ring (bicyclic) bond motifs is 3. The Kier molecular flexibility index (Phi) is 5.13. The van der Waals surface area contributed by atoms with Crippen LogP contribution in [0.5, 0.6) is 0 Å². The maximum atomic E-state index is 12.6. The van der Waals surface area contributed by atoms with Crippen LogP contribution in [0.15, 0.2) is 42.5 Å². The predicted molar refractivity (Wildman–Crippen MR) is 133 cm³/mol. The molecule has 2 aromatic carbocycles. The van der Waals surface area contributed by atoms with E-state index in [0.717, 1.165) is 73.1 Å². The molecule has 1 spiro atoms. The fourth-order valence-electron chi connectivity index (χ4n) is 6.75. The summed E-state index contributed by atoms with van der Waals surface area (Å²) >= 11 is 0. The molecule has 0 radical (unpaired) electrons. The van der Waals surface area contributed by atoms with Crippen LogP contribution in [0.1, 0.15) is 62.0 Å². The van der Waals surface area contributed by atoms with Gasteiger partial charge in [-0.25, -0.2) is 9.78 Å². The number of imidazole rings is 1. The van der Waals surface area contributed by atoms with Gasteiger partial charge in [-0.1, -0.05) is 30.3 Å². The van der Waals surface area contributed by atoms with Gasteiger partial charge in [0.2, 0.25) is 0 Å². The molecule has 6 rings (SSSR count). The van der Waals surface area contributed by atoms with Crippen LogP contribution in [0.3, 0.4) is 0 Å². The summed E-state index contributed by atoms with van der Waals surface area (Å²) in [6.45, 7) is 2.06. The number of aryl methyl sites for hydroxylation is 1. The predicted octanol–water partition coefficient (Wildman–Crippen LogP) is 5.35. The zero-order chi connectivity index (χ0) is 24.3. The lowest BCUT2D eigenvalue weighted by molar-refractivity contribution is -0.157. The van der Waals surface area contributed by atoms with E-state index < -0.39 is 5.97 Å². The third-order valence-corrected chi connectivity index (χ3v) is 8.51. The molecule has 2 heterocycles. The summed E-state index contributed by atoms with van der Waals surface area (Å²) in [6, 6.07) is 14.9. The molecule has 7 nitrogen and oxygen atoms in total. The van der Waals surface area contributed by atoms with E-state index in [1.165, 1.54) is 12.7 Å². The molecule has 2 aliphatic carbocycles. The van der Waals surface area contributed by atoms with E-state index in [1.807, 2.05) is 12.1 Å². The summed E-state index contributed by atoms with van der Waals surface area (Å²) in [6.07, 6.45) is 5.74. The van der Waals surface area contributed by atoms with Crippen LogP contribution < -0.4 is 4.90 Å². The quantitative estimate of drug-likeness (QED) is 0.552. The number of rotatable bonds is 4. The number of hydrogen-bond acceptors (Lipinski definition) is 4. The maximum Gasteiger partial charge on any atom is 0.414 e. The van der Waals surface area contributed by atoms with Gasteiger partial charge in [0.05, 0.1) is 29.7 Å². The molecule has 1 aromatic heterocycles. The molecule has 35 heavy (non-hydrogen) atoms. The molecular weight excluding hydrogens is 442 g/mol. The molecular formula is C28H31N3O4. The molecule has 1 N–H and O–H groups in total. The number of benzene rings is 2. The highest BCUT2D eigenvalue weighted by molar-refractivity contribution is 5.95. The number of aliphatic carboxylic acids is 1. The highest BCUT2D eigenvalue weighted by atomic mass is 16.5. The topological polar surface area (TPSA) is 84.7 Å². The molecule has 0 unspecified atom stereocenters. The number of nitrogens with zero attached hydrogens (tertiary/aromatic N) is 3. The van der Waals surface area contributed by atoms with Crippen molar-refractivity contribution in [2.75, 3.05) is 12.0 Å². The minimum atomic E-state index is -0.659. The van der Waals surface area contributed by atoms with Gasteiger partial charge in [0.1, 0.15) is 5.82 Å². The number of anilines is 1. The van der Waals surface area contributed by atoms with Crippen LogP contribution in [0, 0.1) is 11.3 Å². The second-order valence-electron chi connectivity index (χ2n) is 10.7. The van der Waals surface area contributed by atoms with Gasteiger partial charge in [-0.15, -0.1) is 0 Å². The molecule has 3 aromatic rings. The van der Waals surface area contributed by atoms with E-state index in [9.17, 15) is 14.7 Å². The van der Waals surface area contributed by atoms with E-state index >= 15 is 0 Å². The molecule has 0 bridgehead atoms. The SMILES string of the molecule is COC(=O)N1c2ccc3c(nc(Cc4ccccc4)n3[C@H]3CC4(C[C@H](C(=O)O)C4)C3)c2CC[C@@H]1C. The number of hydrogen-bond donors (Lipinski definition) is 1. The first-order valence-corrected chi connectivity index (χ1v) is 12.6. The second-order valence-corrected chi connectivity index (χ2v) is 10.7. The minimum absolute atomic E-state index is 0.0746. The summed E-state index contributed by atoms with van der Waals surface area (Å²) in [5, 5.41) is 9.34. The van der Waals surface area contributed by atoms with Crippen molar-refractivity contribution in [3.63, 3.8) is 0 Å². The zero-order valence-corrected chi connectivity index (χ0v) is 20.2. The van der Waals surface area contributed by atoms with E-state index in [1.54, 1.807) is 4.90 Å². The van der Waals surface area contributed by atoms with Crippen molar-refractivity contribution in [2.45, 2.75) is 64.0 Å². The maximum absolute atomic E-state index is 12.6. The molecule has 1 aliphatic heterocycles. The molecule has 0 saturated heterocycles.